The Balaban J connectivity index is 1.86. The maximum atomic E-state index is 13.2. The SMILES string of the molecule is CN(CC1CCC(CN)CC1)c1cccc(F)c1. The molecule has 0 aliphatic heterocycles. The molecule has 1 aromatic carbocycles. The van der Waals surface area contributed by atoms with Crippen LogP contribution < -0.4 is 10.6 Å². The molecule has 0 aromatic heterocycles. The largest absolute Gasteiger partial charge is 0.374 e. The monoisotopic (exact) mass is 250 g/mol. The Kier molecular flexibility index (Phi) is 4.59. The molecule has 18 heavy (non-hydrogen) atoms. The molecule has 0 radical (unpaired) electrons. The Morgan fingerprint density at radius 1 is 1.22 bits per heavy atom. The van der Waals surface area contributed by atoms with Gasteiger partial charge >= 0.3 is 0 Å². The van der Waals surface area contributed by atoms with E-state index in [9.17, 15) is 4.39 Å². The van der Waals surface area contributed by atoms with Gasteiger partial charge in [-0.15, -0.1) is 0 Å². The van der Waals surface area contributed by atoms with Crippen LogP contribution in [-0.4, -0.2) is 20.1 Å². The summed E-state index contributed by atoms with van der Waals surface area (Å²) in [5, 5.41) is 0. The first-order valence-corrected chi connectivity index (χ1v) is 6.86. The average molecular weight is 250 g/mol. The number of benzene rings is 1. The van der Waals surface area contributed by atoms with E-state index in [0.29, 0.717) is 0 Å². The molecule has 0 spiro atoms. The van der Waals surface area contributed by atoms with Crippen molar-refractivity contribution in [2.75, 3.05) is 25.0 Å². The Morgan fingerprint density at radius 3 is 2.50 bits per heavy atom. The molecule has 0 bridgehead atoms. The molecular weight excluding hydrogens is 227 g/mol. The number of hydrogen-bond donors (Lipinski definition) is 1. The zero-order valence-electron chi connectivity index (χ0n) is 11.1. The summed E-state index contributed by atoms with van der Waals surface area (Å²) in [7, 11) is 2.05. The van der Waals surface area contributed by atoms with E-state index >= 15 is 0 Å². The molecule has 0 saturated heterocycles. The summed E-state index contributed by atoms with van der Waals surface area (Å²) in [6, 6.07) is 6.83. The van der Waals surface area contributed by atoms with Gasteiger partial charge in [0.2, 0.25) is 0 Å². The number of hydrogen-bond acceptors (Lipinski definition) is 2. The Morgan fingerprint density at radius 2 is 1.89 bits per heavy atom. The third-order valence-electron chi connectivity index (χ3n) is 4.08. The Bertz CT molecular complexity index is 373. The van der Waals surface area contributed by atoms with Gasteiger partial charge in [-0.3, -0.25) is 0 Å². The van der Waals surface area contributed by atoms with Crippen LogP contribution in [0, 0.1) is 17.7 Å². The highest BCUT2D eigenvalue weighted by atomic mass is 19.1. The number of rotatable bonds is 4. The van der Waals surface area contributed by atoms with Crippen LogP contribution in [0.4, 0.5) is 10.1 Å². The van der Waals surface area contributed by atoms with Gasteiger partial charge < -0.3 is 10.6 Å². The topological polar surface area (TPSA) is 29.3 Å². The van der Waals surface area contributed by atoms with Crippen LogP contribution in [0.1, 0.15) is 25.7 Å². The Hall–Kier alpha value is -1.09. The predicted molar refractivity (Wildman–Crippen MR) is 74.2 cm³/mol. The van der Waals surface area contributed by atoms with E-state index in [-0.39, 0.29) is 5.82 Å². The molecule has 1 fully saturated rings. The van der Waals surface area contributed by atoms with Crippen molar-refractivity contribution in [3.8, 4) is 0 Å². The van der Waals surface area contributed by atoms with E-state index in [1.165, 1.54) is 31.7 Å². The van der Waals surface area contributed by atoms with Crippen molar-refractivity contribution in [2.45, 2.75) is 25.7 Å². The quantitative estimate of drug-likeness (QED) is 0.890. The first-order valence-electron chi connectivity index (χ1n) is 6.86. The fourth-order valence-corrected chi connectivity index (χ4v) is 2.86. The van der Waals surface area contributed by atoms with Gasteiger partial charge in [0.1, 0.15) is 5.82 Å². The minimum Gasteiger partial charge on any atom is -0.374 e. The highest BCUT2D eigenvalue weighted by Gasteiger charge is 2.21. The minimum atomic E-state index is -0.161. The highest BCUT2D eigenvalue weighted by Crippen LogP contribution is 2.29. The van der Waals surface area contributed by atoms with E-state index in [1.807, 2.05) is 13.1 Å². The van der Waals surface area contributed by atoms with Gasteiger partial charge in [0.05, 0.1) is 0 Å². The van der Waals surface area contributed by atoms with E-state index in [4.69, 9.17) is 5.73 Å². The summed E-state index contributed by atoms with van der Waals surface area (Å²) < 4.78 is 13.2. The van der Waals surface area contributed by atoms with Crippen molar-refractivity contribution >= 4 is 5.69 Å². The number of anilines is 1. The van der Waals surface area contributed by atoms with Crippen LogP contribution in [0.15, 0.2) is 24.3 Å². The van der Waals surface area contributed by atoms with Crippen molar-refractivity contribution in [1.82, 2.24) is 0 Å². The van der Waals surface area contributed by atoms with Gasteiger partial charge in [0.25, 0.3) is 0 Å². The van der Waals surface area contributed by atoms with Crippen LogP contribution in [-0.2, 0) is 0 Å². The second kappa shape index (κ2) is 6.19. The number of nitrogens with two attached hydrogens (primary N) is 1. The molecule has 1 aromatic rings. The lowest BCUT2D eigenvalue weighted by Crippen LogP contribution is -2.30. The lowest BCUT2D eigenvalue weighted by Gasteiger charge is -2.31. The van der Waals surface area contributed by atoms with Crippen LogP contribution in [0.2, 0.25) is 0 Å². The maximum Gasteiger partial charge on any atom is 0.125 e. The fourth-order valence-electron chi connectivity index (χ4n) is 2.86. The van der Waals surface area contributed by atoms with Gasteiger partial charge in [0, 0.05) is 19.3 Å². The molecule has 0 atom stereocenters. The highest BCUT2D eigenvalue weighted by molar-refractivity contribution is 5.45. The molecule has 0 heterocycles. The molecule has 1 aliphatic carbocycles. The second-order valence-corrected chi connectivity index (χ2v) is 5.48. The number of halogens is 1. The van der Waals surface area contributed by atoms with E-state index < -0.39 is 0 Å². The van der Waals surface area contributed by atoms with Crippen LogP contribution in [0.25, 0.3) is 0 Å². The molecule has 100 valence electrons. The number of nitrogens with zero attached hydrogens (tertiary/aromatic N) is 1. The summed E-state index contributed by atoms with van der Waals surface area (Å²) >= 11 is 0. The van der Waals surface area contributed by atoms with Gasteiger partial charge in [-0.2, -0.15) is 0 Å². The minimum absolute atomic E-state index is 0.161. The van der Waals surface area contributed by atoms with Crippen molar-refractivity contribution in [3.63, 3.8) is 0 Å². The summed E-state index contributed by atoms with van der Waals surface area (Å²) in [5.41, 5.74) is 6.67. The van der Waals surface area contributed by atoms with Crippen molar-refractivity contribution in [2.24, 2.45) is 17.6 Å². The summed E-state index contributed by atoms with van der Waals surface area (Å²) in [4.78, 5) is 2.16. The summed E-state index contributed by atoms with van der Waals surface area (Å²) in [6.07, 6.45) is 5.00. The molecule has 2 N–H and O–H groups in total. The molecular formula is C15H23FN2. The molecule has 1 aliphatic rings. The third kappa shape index (κ3) is 3.45. The first-order chi connectivity index (χ1) is 8.69. The zero-order chi connectivity index (χ0) is 13.0. The van der Waals surface area contributed by atoms with Crippen molar-refractivity contribution in [3.05, 3.63) is 30.1 Å². The van der Waals surface area contributed by atoms with Gasteiger partial charge in [-0.1, -0.05) is 6.07 Å². The summed E-state index contributed by atoms with van der Waals surface area (Å²) in [6.45, 7) is 1.84. The van der Waals surface area contributed by atoms with Crippen LogP contribution in [0.5, 0.6) is 0 Å². The Labute approximate surface area is 109 Å². The van der Waals surface area contributed by atoms with E-state index in [2.05, 4.69) is 4.90 Å². The molecule has 2 rings (SSSR count). The van der Waals surface area contributed by atoms with Gasteiger partial charge in [0.15, 0.2) is 0 Å². The fraction of sp³-hybridized carbons (Fsp3) is 0.600. The summed E-state index contributed by atoms with van der Waals surface area (Å²) in [5.74, 6) is 1.29. The second-order valence-electron chi connectivity index (χ2n) is 5.48. The lowest BCUT2D eigenvalue weighted by molar-refractivity contribution is 0.283. The molecule has 3 heteroatoms. The van der Waals surface area contributed by atoms with Gasteiger partial charge in [-0.25, -0.2) is 4.39 Å². The third-order valence-corrected chi connectivity index (χ3v) is 4.08. The normalized spacial score (nSPS) is 23.9. The van der Waals surface area contributed by atoms with Crippen molar-refractivity contribution < 1.29 is 4.39 Å². The maximum absolute atomic E-state index is 13.2. The van der Waals surface area contributed by atoms with Crippen LogP contribution in [0.3, 0.4) is 0 Å². The first kappa shape index (κ1) is 13.3. The van der Waals surface area contributed by atoms with E-state index in [1.54, 1.807) is 12.1 Å². The lowest BCUT2D eigenvalue weighted by atomic mass is 9.82. The molecule has 1 saturated carbocycles. The zero-order valence-corrected chi connectivity index (χ0v) is 11.1. The van der Waals surface area contributed by atoms with Crippen LogP contribution >= 0.6 is 0 Å². The average Bonchev–Trinajstić information content (AvgIpc) is 2.39. The van der Waals surface area contributed by atoms with E-state index in [0.717, 1.165) is 30.6 Å². The smallest absolute Gasteiger partial charge is 0.125 e. The molecule has 0 amide bonds. The van der Waals surface area contributed by atoms with Crippen molar-refractivity contribution in [1.29, 1.82) is 0 Å². The molecule has 2 nitrogen and oxygen atoms in total. The predicted octanol–water partition coefficient (Wildman–Crippen LogP) is 3.03. The van der Waals surface area contributed by atoms with Gasteiger partial charge in [-0.05, 0) is 62.3 Å². The standard InChI is InChI=1S/C15H23FN2/c1-18(15-4-2-3-14(16)9-15)11-13-7-5-12(10-17)6-8-13/h2-4,9,12-13H,5-8,10-11,17H2,1H3. The molecule has 0 unspecified atom stereocenters.